The van der Waals surface area contributed by atoms with Crippen molar-refractivity contribution in [3.05, 3.63) is 35.9 Å². The second-order valence-electron chi connectivity index (χ2n) is 4.23. The molecule has 1 unspecified atom stereocenters. The Kier molecular flexibility index (Phi) is 6.64. The van der Waals surface area contributed by atoms with E-state index >= 15 is 0 Å². The van der Waals surface area contributed by atoms with Gasteiger partial charge in [0.25, 0.3) is 0 Å². The SMILES string of the molecule is CCCCCC(C#Cc1ccccc1)OC(C)=O. The summed E-state index contributed by atoms with van der Waals surface area (Å²) < 4.78 is 5.21. The van der Waals surface area contributed by atoms with E-state index in [1.165, 1.54) is 6.92 Å². The van der Waals surface area contributed by atoms with E-state index < -0.39 is 0 Å². The van der Waals surface area contributed by atoms with Crippen LogP contribution in [0.2, 0.25) is 0 Å². The van der Waals surface area contributed by atoms with Crippen molar-refractivity contribution in [3.8, 4) is 11.8 Å². The molecule has 0 saturated heterocycles. The van der Waals surface area contributed by atoms with Gasteiger partial charge in [-0.25, -0.2) is 0 Å². The van der Waals surface area contributed by atoms with E-state index in [4.69, 9.17) is 4.74 Å². The zero-order chi connectivity index (χ0) is 13.2. The Labute approximate surface area is 109 Å². The molecule has 0 bridgehead atoms. The molecule has 0 radical (unpaired) electrons. The average Bonchev–Trinajstić information content (AvgIpc) is 2.37. The zero-order valence-electron chi connectivity index (χ0n) is 11.1. The quantitative estimate of drug-likeness (QED) is 0.450. The van der Waals surface area contributed by atoms with Gasteiger partial charge in [-0.1, -0.05) is 49.8 Å². The van der Waals surface area contributed by atoms with Gasteiger partial charge in [-0.2, -0.15) is 0 Å². The summed E-state index contributed by atoms with van der Waals surface area (Å²) in [7, 11) is 0. The minimum Gasteiger partial charge on any atom is -0.449 e. The molecule has 1 rings (SSSR count). The molecule has 0 N–H and O–H groups in total. The van der Waals surface area contributed by atoms with Gasteiger partial charge in [0, 0.05) is 12.5 Å². The van der Waals surface area contributed by atoms with Gasteiger partial charge in [-0.05, 0) is 25.0 Å². The van der Waals surface area contributed by atoms with Gasteiger partial charge in [0.05, 0.1) is 0 Å². The lowest BCUT2D eigenvalue weighted by atomic mass is 10.1. The molecular formula is C16H20O2. The average molecular weight is 244 g/mol. The lowest BCUT2D eigenvalue weighted by Crippen LogP contribution is -2.14. The Morgan fingerprint density at radius 3 is 2.61 bits per heavy atom. The lowest BCUT2D eigenvalue weighted by molar-refractivity contribution is -0.144. The van der Waals surface area contributed by atoms with Crippen molar-refractivity contribution < 1.29 is 9.53 Å². The third-order valence-corrected chi connectivity index (χ3v) is 2.53. The van der Waals surface area contributed by atoms with Crippen LogP contribution in [0.5, 0.6) is 0 Å². The van der Waals surface area contributed by atoms with Crippen LogP contribution >= 0.6 is 0 Å². The first-order chi connectivity index (χ1) is 8.72. The van der Waals surface area contributed by atoms with Crippen LogP contribution in [-0.2, 0) is 9.53 Å². The second kappa shape index (κ2) is 8.36. The number of ether oxygens (including phenoxy) is 1. The number of rotatable bonds is 5. The predicted octanol–water partition coefficient (Wildman–Crippen LogP) is 3.55. The maximum Gasteiger partial charge on any atom is 0.303 e. The summed E-state index contributed by atoms with van der Waals surface area (Å²) in [6.45, 7) is 3.58. The highest BCUT2D eigenvalue weighted by Crippen LogP contribution is 2.07. The lowest BCUT2D eigenvalue weighted by Gasteiger charge is -2.10. The molecule has 2 nitrogen and oxygen atoms in total. The molecule has 1 atom stereocenters. The molecule has 0 spiro atoms. The van der Waals surface area contributed by atoms with Gasteiger partial charge in [-0.15, -0.1) is 0 Å². The van der Waals surface area contributed by atoms with Crippen LogP contribution in [0.25, 0.3) is 0 Å². The molecular weight excluding hydrogens is 224 g/mol. The minimum atomic E-state index is -0.283. The number of benzene rings is 1. The molecule has 0 aliphatic rings. The molecule has 96 valence electrons. The summed E-state index contributed by atoms with van der Waals surface area (Å²) >= 11 is 0. The molecule has 0 amide bonds. The predicted molar refractivity (Wildman–Crippen MR) is 73.0 cm³/mol. The number of hydrogen-bond acceptors (Lipinski definition) is 2. The maximum atomic E-state index is 11.0. The van der Waals surface area contributed by atoms with Crippen LogP contribution in [0, 0.1) is 11.8 Å². The highest BCUT2D eigenvalue weighted by molar-refractivity contribution is 5.66. The Bertz CT molecular complexity index is 412. The summed E-state index contributed by atoms with van der Waals surface area (Å²) in [5.74, 6) is 5.82. The molecule has 1 aromatic carbocycles. The maximum absolute atomic E-state index is 11.0. The van der Waals surface area contributed by atoms with E-state index in [1.54, 1.807) is 0 Å². The smallest absolute Gasteiger partial charge is 0.303 e. The Morgan fingerprint density at radius 2 is 2.00 bits per heavy atom. The number of carbonyl (C=O) groups is 1. The fourth-order valence-corrected chi connectivity index (χ4v) is 1.63. The van der Waals surface area contributed by atoms with Crippen molar-refractivity contribution in [2.45, 2.75) is 45.6 Å². The molecule has 1 aromatic rings. The van der Waals surface area contributed by atoms with Crippen LogP contribution in [0.4, 0.5) is 0 Å². The monoisotopic (exact) mass is 244 g/mol. The van der Waals surface area contributed by atoms with Crippen molar-refractivity contribution in [1.82, 2.24) is 0 Å². The van der Waals surface area contributed by atoms with Crippen LogP contribution in [-0.4, -0.2) is 12.1 Å². The summed E-state index contributed by atoms with van der Waals surface area (Å²) in [5.41, 5.74) is 0.949. The molecule has 18 heavy (non-hydrogen) atoms. The van der Waals surface area contributed by atoms with Gasteiger partial charge < -0.3 is 4.74 Å². The summed E-state index contributed by atoms with van der Waals surface area (Å²) in [6, 6.07) is 9.74. The highest BCUT2D eigenvalue weighted by Gasteiger charge is 2.07. The van der Waals surface area contributed by atoms with Gasteiger partial charge in [0.1, 0.15) is 0 Å². The third-order valence-electron chi connectivity index (χ3n) is 2.53. The first kappa shape index (κ1) is 14.3. The van der Waals surface area contributed by atoms with Gasteiger partial charge in [0.2, 0.25) is 0 Å². The topological polar surface area (TPSA) is 26.3 Å². The first-order valence-corrected chi connectivity index (χ1v) is 6.46. The summed E-state index contributed by atoms with van der Waals surface area (Å²) in [6.07, 6.45) is 3.86. The number of unbranched alkanes of at least 4 members (excludes halogenated alkanes) is 2. The number of hydrogen-bond donors (Lipinski definition) is 0. The summed E-state index contributed by atoms with van der Waals surface area (Å²) in [4.78, 5) is 11.0. The van der Waals surface area contributed by atoms with Crippen molar-refractivity contribution in [3.63, 3.8) is 0 Å². The largest absolute Gasteiger partial charge is 0.449 e. The highest BCUT2D eigenvalue weighted by atomic mass is 16.5. The van der Waals surface area contributed by atoms with E-state index in [1.807, 2.05) is 30.3 Å². The minimum absolute atomic E-state index is 0.265. The van der Waals surface area contributed by atoms with Crippen LogP contribution in [0.3, 0.4) is 0 Å². The molecule has 0 saturated carbocycles. The molecule has 0 aliphatic heterocycles. The Hall–Kier alpha value is -1.75. The Balaban J connectivity index is 2.60. The van der Waals surface area contributed by atoms with Gasteiger partial charge in [0.15, 0.2) is 6.10 Å². The fraction of sp³-hybridized carbons (Fsp3) is 0.438. The Morgan fingerprint density at radius 1 is 1.28 bits per heavy atom. The van der Waals surface area contributed by atoms with Crippen LogP contribution < -0.4 is 0 Å². The zero-order valence-corrected chi connectivity index (χ0v) is 11.1. The molecule has 2 heteroatoms. The van der Waals surface area contributed by atoms with Crippen LogP contribution in [0.15, 0.2) is 30.3 Å². The van der Waals surface area contributed by atoms with Gasteiger partial charge in [-0.3, -0.25) is 4.79 Å². The fourth-order valence-electron chi connectivity index (χ4n) is 1.63. The van der Waals surface area contributed by atoms with E-state index in [2.05, 4.69) is 18.8 Å². The summed E-state index contributed by atoms with van der Waals surface area (Å²) in [5, 5.41) is 0. The standard InChI is InChI=1S/C16H20O2/c1-3-4-6-11-16(18-14(2)17)13-12-15-9-7-5-8-10-15/h5,7-10,16H,3-4,6,11H2,1-2H3. The van der Waals surface area contributed by atoms with E-state index in [-0.39, 0.29) is 12.1 Å². The van der Waals surface area contributed by atoms with E-state index in [0.717, 1.165) is 31.2 Å². The number of carbonyl (C=O) groups excluding carboxylic acids is 1. The molecule has 0 fully saturated rings. The van der Waals surface area contributed by atoms with Crippen molar-refractivity contribution in [2.24, 2.45) is 0 Å². The number of esters is 1. The molecule has 0 aliphatic carbocycles. The first-order valence-electron chi connectivity index (χ1n) is 6.46. The third kappa shape index (κ3) is 6.10. The van der Waals surface area contributed by atoms with Crippen molar-refractivity contribution in [1.29, 1.82) is 0 Å². The normalized spacial score (nSPS) is 11.2. The van der Waals surface area contributed by atoms with Gasteiger partial charge >= 0.3 is 5.97 Å². The van der Waals surface area contributed by atoms with E-state index in [0.29, 0.717) is 0 Å². The van der Waals surface area contributed by atoms with Crippen LogP contribution in [0.1, 0.15) is 45.1 Å². The van der Waals surface area contributed by atoms with Crippen molar-refractivity contribution in [2.75, 3.05) is 0 Å². The molecule has 0 heterocycles. The van der Waals surface area contributed by atoms with Crippen molar-refractivity contribution >= 4 is 5.97 Å². The molecule has 0 aromatic heterocycles. The van der Waals surface area contributed by atoms with E-state index in [9.17, 15) is 4.79 Å². The second-order valence-corrected chi connectivity index (χ2v) is 4.23.